The lowest BCUT2D eigenvalue weighted by molar-refractivity contribution is -0.117. The van der Waals surface area contributed by atoms with E-state index in [-0.39, 0.29) is 6.54 Å². The minimum absolute atomic E-state index is 0.258. The molecule has 0 saturated carbocycles. The van der Waals surface area contributed by atoms with E-state index in [1.165, 1.54) is 7.11 Å². The first-order valence-corrected chi connectivity index (χ1v) is 14.1. The summed E-state index contributed by atoms with van der Waals surface area (Å²) in [6.45, 7) is 0.206. The van der Waals surface area contributed by atoms with Crippen molar-refractivity contribution in [1.82, 2.24) is 14.3 Å². The van der Waals surface area contributed by atoms with Gasteiger partial charge in [-0.3, -0.25) is 4.79 Å². The number of imidazole rings is 1. The van der Waals surface area contributed by atoms with Crippen molar-refractivity contribution in [3.05, 3.63) is 105 Å². The number of carbonyl (C=O) groups excluding carboxylic acids is 2. The second-order valence-electron chi connectivity index (χ2n) is 8.89. The molecule has 0 unspecified atom stereocenters. The van der Waals surface area contributed by atoms with Gasteiger partial charge in [0.05, 0.1) is 29.1 Å². The molecule has 5 rings (SSSR count). The van der Waals surface area contributed by atoms with Gasteiger partial charge in [-0.2, -0.15) is 8.42 Å². The number of hydrogen-bond donors (Lipinski definition) is 1. The van der Waals surface area contributed by atoms with Crippen molar-refractivity contribution in [2.75, 3.05) is 18.0 Å². The van der Waals surface area contributed by atoms with Crippen molar-refractivity contribution >= 4 is 63.1 Å². The van der Waals surface area contributed by atoms with E-state index < -0.39 is 22.1 Å². The number of amides is 1. The monoisotopic (exact) mass is 596 g/mol. The van der Waals surface area contributed by atoms with Crippen LogP contribution >= 0.6 is 23.2 Å². The highest BCUT2D eigenvalue weighted by molar-refractivity contribution is 7.92. The van der Waals surface area contributed by atoms with Crippen molar-refractivity contribution in [1.29, 1.82) is 0 Å². The maximum absolute atomic E-state index is 12.1. The van der Waals surface area contributed by atoms with Crippen LogP contribution in [0.25, 0.3) is 23.4 Å². The van der Waals surface area contributed by atoms with E-state index in [1.807, 2.05) is 39.8 Å². The Bertz CT molecular complexity index is 1730. The highest BCUT2D eigenvalue weighted by Gasteiger charge is 2.33. The fraction of sp³-hybridized carbons (Fsp3) is 0.107. The quantitative estimate of drug-likeness (QED) is 0.299. The Morgan fingerprint density at radius 1 is 1.05 bits per heavy atom. The number of aromatic nitrogens is 2. The lowest BCUT2D eigenvalue weighted by Crippen LogP contribution is -2.29. The predicted octanol–water partition coefficient (Wildman–Crippen LogP) is 5.04. The fourth-order valence-corrected chi connectivity index (χ4v) is 5.83. The number of nitrogens with one attached hydrogen (secondary N) is 1. The van der Waals surface area contributed by atoms with Crippen LogP contribution in [0.5, 0.6) is 0 Å². The lowest BCUT2D eigenvalue weighted by atomic mass is 10.1. The number of benzene rings is 3. The highest BCUT2D eigenvalue weighted by atomic mass is 35.5. The minimum atomic E-state index is -3.87. The van der Waals surface area contributed by atoms with Crippen molar-refractivity contribution < 1.29 is 22.7 Å². The molecule has 0 spiro atoms. The Kier molecular flexibility index (Phi) is 7.66. The molecule has 1 N–H and O–H groups in total. The van der Waals surface area contributed by atoms with Crippen LogP contribution in [-0.4, -0.2) is 43.5 Å². The third-order valence-electron chi connectivity index (χ3n) is 6.17. The minimum Gasteiger partial charge on any atom is -0.465 e. The summed E-state index contributed by atoms with van der Waals surface area (Å²) in [5.41, 5.74) is 3.94. The molecule has 40 heavy (non-hydrogen) atoms. The molecule has 1 aliphatic heterocycles. The molecule has 3 aromatic carbocycles. The second kappa shape index (κ2) is 11.2. The van der Waals surface area contributed by atoms with E-state index in [2.05, 4.69) is 0 Å². The fourth-order valence-electron chi connectivity index (χ4n) is 4.18. The maximum Gasteiger partial charge on any atom is 0.337 e. The van der Waals surface area contributed by atoms with Gasteiger partial charge in [-0.15, -0.1) is 0 Å². The van der Waals surface area contributed by atoms with Gasteiger partial charge in [-0.05, 0) is 59.7 Å². The number of methoxy groups -OCH3 is 1. The van der Waals surface area contributed by atoms with Gasteiger partial charge < -0.3 is 9.30 Å². The van der Waals surface area contributed by atoms with Gasteiger partial charge in [0.2, 0.25) is 0 Å². The first-order chi connectivity index (χ1) is 19.1. The van der Waals surface area contributed by atoms with Crippen LogP contribution < -0.4 is 9.03 Å². The number of esters is 1. The molecule has 1 aromatic heterocycles. The smallest absolute Gasteiger partial charge is 0.337 e. The molecule has 0 radical (unpaired) electrons. The van der Waals surface area contributed by atoms with E-state index in [1.54, 1.807) is 54.6 Å². The van der Waals surface area contributed by atoms with Crippen LogP contribution in [0.4, 0.5) is 5.69 Å². The molecule has 12 heteroatoms. The summed E-state index contributed by atoms with van der Waals surface area (Å²) < 4.78 is 33.9. The third-order valence-corrected chi connectivity index (χ3v) is 8.12. The summed E-state index contributed by atoms with van der Waals surface area (Å²) in [6.07, 6.45) is 5.56. The molecule has 4 aromatic rings. The number of carbonyl (C=O) groups is 2. The Morgan fingerprint density at radius 3 is 2.40 bits per heavy atom. The van der Waals surface area contributed by atoms with E-state index >= 15 is 0 Å². The molecule has 1 amide bonds. The van der Waals surface area contributed by atoms with Gasteiger partial charge in [0.15, 0.2) is 0 Å². The maximum atomic E-state index is 12.1. The van der Waals surface area contributed by atoms with E-state index in [9.17, 15) is 18.0 Å². The van der Waals surface area contributed by atoms with E-state index in [0.717, 1.165) is 21.0 Å². The van der Waals surface area contributed by atoms with Crippen LogP contribution in [0.1, 0.15) is 27.3 Å². The van der Waals surface area contributed by atoms with Gasteiger partial charge in [0.1, 0.15) is 12.4 Å². The first-order valence-electron chi connectivity index (χ1n) is 11.9. The highest BCUT2D eigenvalue weighted by Crippen LogP contribution is 2.30. The summed E-state index contributed by atoms with van der Waals surface area (Å²) in [6, 6.07) is 19.1. The standard InChI is InChI=1S/C28H22Cl2N4O5S/c1-39-28(36)20-7-2-19(3-8-20)15-33-16-25(23-12-9-21(29)14-24(23)30)31-26(33)13-6-18-4-10-22(11-5-18)34-17-27(35)32-40(34,37)38/h2-14,16H,15,17H2,1H3,(H,32,35)/b13-6+. The summed E-state index contributed by atoms with van der Waals surface area (Å²) in [5.74, 6) is -0.347. The Labute approximate surface area is 240 Å². The zero-order valence-corrected chi connectivity index (χ0v) is 23.4. The number of rotatable bonds is 7. The van der Waals surface area contributed by atoms with Crippen molar-refractivity contribution in [2.45, 2.75) is 6.54 Å². The molecule has 9 nitrogen and oxygen atoms in total. The number of hydrogen-bond acceptors (Lipinski definition) is 6. The van der Waals surface area contributed by atoms with Crippen molar-refractivity contribution in [3.63, 3.8) is 0 Å². The summed E-state index contributed by atoms with van der Waals surface area (Å²) >= 11 is 12.5. The van der Waals surface area contributed by atoms with Gasteiger partial charge in [-0.1, -0.05) is 53.5 Å². The number of halogens is 2. The molecule has 2 heterocycles. The van der Waals surface area contributed by atoms with Gasteiger partial charge in [0.25, 0.3) is 5.91 Å². The largest absolute Gasteiger partial charge is 0.465 e. The molecule has 0 atom stereocenters. The Morgan fingerprint density at radius 2 is 1.77 bits per heavy atom. The number of nitrogens with zero attached hydrogens (tertiary/aromatic N) is 3. The van der Waals surface area contributed by atoms with Crippen molar-refractivity contribution in [3.8, 4) is 11.3 Å². The molecule has 204 valence electrons. The second-order valence-corrected chi connectivity index (χ2v) is 11.3. The SMILES string of the molecule is COC(=O)c1ccc(Cn2cc(-c3ccc(Cl)cc3Cl)nc2/C=C/c2ccc(N3CC(=O)NS3(=O)=O)cc2)cc1. The van der Waals surface area contributed by atoms with Crippen LogP contribution in [-0.2, 0) is 26.3 Å². The van der Waals surface area contributed by atoms with Crippen LogP contribution in [0.3, 0.4) is 0 Å². The molecule has 1 fully saturated rings. The van der Waals surface area contributed by atoms with Gasteiger partial charge in [-0.25, -0.2) is 18.8 Å². The van der Waals surface area contributed by atoms with E-state index in [0.29, 0.717) is 39.4 Å². The predicted molar refractivity (Wildman–Crippen MR) is 154 cm³/mol. The average molecular weight is 597 g/mol. The Hall–Kier alpha value is -4.12. The summed E-state index contributed by atoms with van der Waals surface area (Å²) in [7, 11) is -2.54. The number of anilines is 1. The molecule has 1 saturated heterocycles. The van der Waals surface area contributed by atoms with E-state index in [4.69, 9.17) is 32.9 Å². The first kappa shape index (κ1) is 27.4. The average Bonchev–Trinajstić information content (AvgIpc) is 3.45. The third kappa shape index (κ3) is 5.89. The zero-order chi connectivity index (χ0) is 28.4. The lowest BCUT2D eigenvalue weighted by Gasteiger charge is -2.14. The van der Waals surface area contributed by atoms with Crippen LogP contribution in [0.15, 0.2) is 72.9 Å². The number of ether oxygens (including phenoxy) is 1. The van der Waals surface area contributed by atoms with Gasteiger partial charge >= 0.3 is 16.2 Å². The molecular weight excluding hydrogens is 575 g/mol. The molecular formula is C28H22Cl2N4O5S. The molecule has 1 aliphatic rings. The Balaban J connectivity index is 1.44. The van der Waals surface area contributed by atoms with Crippen LogP contribution in [0.2, 0.25) is 10.0 Å². The summed E-state index contributed by atoms with van der Waals surface area (Å²) in [5, 5.41) is 0.986. The zero-order valence-electron chi connectivity index (χ0n) is 21.0. The summed E-state index contributed by atoms with van der Waals surface area (Å²) in [4.78, 5) is 28.1. The molecule has 0 bridgehead atoms. The topological polar surface area (TPSA) is 111 Å². The molecule has 0 aliphatic carbocycles. The van der Waals surface area contributed by atoms with Gasteiger partial charge in [0, 0.05) is 23.3 Å². The van der Waals surface area contributed by atoms with Crippen molar-refractivity contribution in [2.24, 2.45) is 0 Å². The normalized spacial score (nSPS) is 14.5. The van der Waals surface area contributed by atoms with Crippen LogP contribution in [0, 0.1) is 0 Å².